The summed E-state index contributed by atoms with van der Waals surface area (Å²) in [6, 6.07) is 7.00. The summed E-state index contributed by atoms with van der Waals surface area (Å²) < 4.78 is 13.2. The van der Waals surface area contributed by atoms with Gasteiger partial charge in [-0.2, -0.15) is 0 Å². The fourth-order valence-electron chi connectivity index (χ4n) is 1.51. The molecule has 0 unspecified atom stereocenters. The number of rotatable bonds is 4. The van der Waals surface area contributed by atoms with Gasteiger partial charge in [0.1, 0.15) is 10.8 Å². The molecule has 0 aliphatic heterocycles. The van der Waals surface area contributed by atoms with Crippen LogP contribution in [0.5, 0.6) is 0 Å². The number of pyridine rings is 1. The van der Waals surface area contributed by atoms with Gasteiger partial charge >= 0.3 is 5.97 Å². The van der Waals surface area contributed by atoms with Crippen LogP contribution in [-0.4, -0.2) is 16.1 Å². The fraction of sp³-hybridized carbons (Fsp3) is 0.0769. The molecule has 0 atom stereocenters. The summed E-state index contributed by atoms with van der Waals surface area (Å²) >= 11 is 7.22. The maximum Gasteiger partial charge on any atom is 0.335 e. The molecule has 0 saturated carbocycles. The molecular weight excluding hydrogens is 289 g/mol. The Morgan fingerprint density at radius 3 is 2.89 bits per heavy atom. The Morgan fingerprint density at radius 2 is 2.21 bits per heavy atom. The minimum absolute atomic E-state index is 0.0842. The second-order valence-corrected chi connectivity index (χ2v) is 5.06. The van der Waals surface area contributed by atoms with Crippen LogP contribution in [-0.2, 0) is 5.75 Å². The molecule has 2 aromatic rings. The third-order valence-corrected chi connectivity index (χ3v) is 3.86. The lowest BCUT2D eigenvalue weighted by molar-refractivity contribution is 0.0696. The number of halogens is 2. The molecule has 0 amide bonds. The zero-order valence-electron chi connectivity index (χ0n) is 9.64. The average molecular weight is 298 g/mol. The smallest absolute Gasteiger partial charge is 0.335 e. The Hall–Kier alpha value is -1.59. The van der Waals surface area contributed by atoms with Gasteiger partial charge < -0.3 is 5.11 Å². The van der Waals surface area contributed by atoms with E-state index in [9.17, 15) is 9.18 Å². The Morgan fingerprint density at radius 1 is 1.42 bits per heavy atom. The molecule has 1 heterocycles. The van der Waals surface area contributed by atoms with Gasteiger partial charge in [-0.3, -0.25) is 0 Å². The first-order valence-corrected chi connectivity index (χ1v) is 6.69. The van der Waals surface area contributed by atoms with Crippen LogP contribution in [0.25, 0.3) is 0 Å². The van der Waals surface area contributed by atoms with Crippen LogP contribution in [0.4, 0.5) is 4.39 Å². The summed E-state index contributed by atoms with van der Waals surface area (Å²) in [7, 11) is 0. The average Bonchev–Trinajstić information content (AvgIpc) is 2.37. The van der Waals surface area contributed by atoms with Crippen LogP contribution >= 0.6 is 23.4 Å². The largest absolute Gasteiger partial charge is 0.478 e. The van der Waals surface area contributed by atoms with Crippen molar-refractivity contribution in [3.05, 3.63) is 58.5 Å². The van der Waals surface area contributed by atoms with Crippen molar-refractivity contribution in [3.63, 3.8) is 0 Å². The van der Waals surface area contributed by atoms with E-state index < -0.39 is 11.8 Å². The molecule has 6 heteroatoms. The first-order valence-electron chi connectivity index (χ1n) is 5.33. The standard InChI is InChI=1S/C13H9ClFNO2S/c14-11-2-1-5-16-12(11)19-7-8-6-9(15)3-4-10(8)13(17)18/h1-6H,7H2,(H,17,18). The summed E-state index contributed by atoms with van der Waals surface area (Å²) in [6.07, 6.45) is 1.60. The lowest BCUT2D eigenvalue weighted by Gasteiger charge is -2.06. The summed E-state index contributed by atoms with van der Waals surface area (Å²) in [5.74, 6) is -1.26. The van der Waals surface area contributed by atoms with E-state index in [1.54, 1.807) is 18.3 Å². The molecule has 0 fully saturated rings. The highest BCUT2D eigenvalue weighted by Crippen LogP contribution is 2.28. The quantitative estimate of drug-likeness (QED) is 0.871. The zero-order valence-corrected chi connectivity index (χ0v) is 11.2. The molecule has 3 nitrogen and oxygen atoms in total. The van der Waals surface area contributed by atoms with Crippen LogP contribution in [0, 0.1) is 5.82 Å². The number of benzene rings is 1. The van der Waals surface area contributed by atoms with E-state index in [0.29, 0.717) is 15.6 Å². The highest BCUT2D eigenvalue weighted by Gasteiger charge is 2.12. The molecule has 0 saturated heterocycles. The molecule has 0 aliphatic rings. The molecule has 0 bridgehead atoms. The maximum atomic E-state index is 13.2. The van der Waals surface area contributed by atoms with Gasteiger partial charge in [0.05, 0.1) is 10.6 Å². The minimum atomic E-state index is -1.08. The van der Waals surface area contributed by atoms with E-state index in [0.717, 1.165) is 6.07 Å². The van der Waals surface area contributed by atoms with Gasteiger partial charge in [0, 0.05) is 11.9 Å². The maximum absolute atomic E-state index is 13.2. The third-order valence-electron chi connectivity index (χ3n) is 2.39. The molecule has 2 rings (SSSR count). The van der Waals surface area contributed by atoms with E-state index in [2.05, 4.69) is 4.98 Å². The molecule has 1 N–H and O–H groups in total. The van der Waals surface area contributed by atoms with Gasteiger partial charge in [0.2, 0.25) is 0 Å². The van der Waals surface area contributed by atoms with Crippen LogP contribution < -0.4 is 0 Å². The number of carboxylic acid groups (broad SMARTS) is 1. The van der Waals surface area contributed by atoms with E-state index >= 15 is 0 Å². The molecule has 0 spiro atoms. The Kier molecular flexibility index (Phi) is 4.39. The molecular formula is C13H9ClFNO2S. The first kappa shape index (κ1) is 13.8. The van der Waals surface area contributed by atoms with Gasteiger partial charge in [-0.15, -0.1) is 11.8 Å². The SMILES string of the molecule is O=C(O)c1ccc(F)cc1CSc1ncccc1Cl. The Balaban J connectivity index is 2.22. The van der Waals surface area contributed by atoms with Crippen molar-refractivity contribution in [3.8, 4) is 0 Å². The second kappa shape index (κ2) is 6.04. The molecule has 1 aromatic carbocycles. The molecule has 1 aromatic heterocycles. The van der Waals surface area contributed by atoms with Gasteiger partial charge in [0.25, 0.3) is 0 Å². The van der Waals surface area contributed by atoms with E-state index in [1.165, 1.54) is 23.9 Å². The molecule has 0 radical (unpaired) electrons. The van der Waals surface area contributed by atoms with E-state index in [4.69, 9.17) is 16.7 Å². The zero-order chi connectivity index (χ0) is 13.8. The third kappa shape index (κ3) is 3.45. The minimum Gasteiger partial charge on any atom is -0.478 e. The monoisotopic (exact) mass is 297 g/mol. The van der Waals surface area contributed by atoms with Crippen LogP contribution in [0.15, 0.2) is 41.6 Å². The summed E-state index contributed by atoms with van der Waals surface area (Å²) in [6.45, 7) is 0. The fourth-order valence-corrected chi connectivity index (χ4v) is 2.67. The first-order chi connectivity index (χ1) is 9.08. The topological polar surface area (TPSA) is 50.2 Å². The second-order valence-electron chi connectivity index (χ2n) is 3.69. The van der Waals surface area contributed by atoms with Crippen molar-refractivity contribution < 1.29 is 14.3 Å². The molecule has 0 aliphatic carbocycles. The number of thioether (sulfide) groups is 1. The van der Waals surface area contributed by atoms with Gasteiger partial charge in [-0.1, -0.05) is 11.6 Å². The van der Waals surface area contributed by atoms with Crippen molar-refractivity contribution in [1.82, 2.24) is 4.98 Å². The van der Waals surface area contributed by atoms with Crippen molar-refractivity contribution >= 4 is 29.3 Å². The highest BCUT2D eigenvalue weighted by atomic mass is 35.5. The van der Waals surface area contributed by atoms with Gasteiger partial charge in [-0.05, 0) is 35.9 Å². The van der Waals surface area contributed by atoms with Gasteiger partial charge in [0.15, 0.2) is 0 Å². The van der Waals surface area contributed by atoms with Crippen molar-refractivity contribution in [2.24, 2.45) is 0 Å². The van der Waals surface area contributed by atoms with Crippen LogP contribution in [0.2, 0.25) is 5.02 Å². The Labute approximate surface area is 118 Å². The lowest BCUT2D eigenvalue weighted by Crippen LogP contribution is -2.02. The summed E-state index contributed by atoms with van der Waals surface area (Å²) in [4.78, 5) is 15.1. The van der Waals surface area contributed by atoms with Crippen LogP contribution in [0.1, 0.15) is 15.9 Å². The number of hydrogen-bond donors (Lipinski definition) is 1. The summed E-state index contributed by atoms with van der Waals surface area (Å²) in [5.41, 5.74) is 0.486. The van der Waals surface area contributed by atoms with Crippen LogP contribution in [0.3, 0.4) is 0 Å². The summed E-state index contributed by atoms with van der Waals surface area (Å²) in [5, 5.41) is 10.1. The van der Waals surface area contributed by atoms with E-state index in [-0.39, 0.29) is 11.3 Å². The van der Waals surface area contributed by atoms with Gasteiger partial charge in [-0.25, -0.2) is 14.2 Å². The normalized spacial score (nSPS) is 10.4. The predicted octanol–water partition coefficient (Wildman–Crippen LogP) is 3.86. The number of carbonyl (C=O) groups is 1. The number of nitrogens with zero attached hydrogens (tertiary/aromatic N) is 1. The number of aromatic carboxylic acids is 1. The molecule has 19 heavy (non-hydrogen) atoms. The lowest BCUT2D eigenvalue weighted by atomic mass is 10.1. The number of carboxylic acids is 1. The number of hydrogen-bond acceptors (Lipinski definition) is 3. The van der Waals surface area contributed by atoms with Crippen molar-refractivity contribution in [2.75, 3.05) is 0 Å². The predicted molar refractivity (Wildman–Crippen MR) is 72.2 cm³/mol. The Bertz CT molecular complexity index is 621. The molecule has 98 valence electrons. The van der Waals surface area contributed by atoms with Crippen molar-refractivity contribution in [1.29, 1.82) is 0 Å². The number of aromatic nitrogens is 1. The van der Waals surface area contributed by atoms with Crippen molar-refractivity contribution in [2.45, 2.75) is 10.8 Å². The van der Waals surface area contributed by atoms with E-state index in [1.807, 2.05) is 0 Å². The highest BCUT2D eigenvalue weighted by molar-refractivity contribution is 7.98.